The van der Waals surface area contributed by atoms with E-state index >= 15 is 0 Å². The molecule has 6 aromatic carbocycles. The van der Waals surface area contributed by atoms with Crippen LogP contribution in [0.4, 0.5) is 17.1 Å². The van der Waals surface area contributed by atoms with Crippen LogP contribution >= 0.6 is 23.1 Å². The summed E-state index contributed by atoms with van der Waals surface area (Å²) >= 11 is 3.56. The van der Waals surface area contributed by atoms with E-state index in [0.29, 0.717) is 5.92 Å². The molecule has 4 heteroatoms. The third-order valence-electron chi connectivity index (χ3n) is 9.50. The molecule has 0 saturated heterocycles. The van der Waals surface area contributed by atoms with Gasteiger partial charge in [-0.15, -0.1) is 11.3 Å². The number of fused-ring (bicyclic) bond motifs is 10. The second-order valence-electron chi connectivity index (χ2n) is 12.2. The summed E-state index contributed by atoms with van der Waals surface area (Å²) in [6.07, 6.45) is 0. The van der Waals surface area contributed by atoms with Gasteiger partial charge in [-0.05, 0) is 88.3 Å². The van der Waals surface area contributed by atoms with Gasteiger partial charge in [0.15, 0.2) is 5.43 Å². The third-order valence-corrected chi connectivity index (χ3v) is 11.8. The second kappa shape index (κ2) is 9.93. The molecular weight excluding hydrogens is 587 g/mol. The zero-order valence-electron chi connectivity index (χ0n) is 25.0. The highest BCUT2D eigenvalue weighted by molar-refractivity contribution is 7.99. The van der Waals surface area contributed by atoms with Gasteiger partial charge in [-0.25, -0.2) is 0 Å². The highest BCUT2D eigenvalue weighted by Crippen LogP contribution is 2.63. The van der Waals surface area contributed by atoms with Gasteiger partial charge < -0.3 is 4.90 Å². The normalized spacial score (nSPS) is 14.3. The number of benzene rings is 6. The molecule has 216 valence electrons. The van der Waals surface area contributed by atoms with E-state index in [9.17, 15) is 4.79 Å². The Morgan fingerprint density at radius 2 is 1.20 bits per heavy atom. The maximum atomic E-state index is 13.5. The van der Waals surface area contributed by atoms with Crippen LogP contribution in [0.15, 0.2) is 148 Å². The summed E-state index contributed by atoms with van der Waals surface area (Å²) in [6.45, 7) is 4.56. The van der Waals surface area contributed by atoms with Crippen molar-refractivity contribution < 1.29 is 0 Å². The molecule has 0 aliphatic carbocycles. The van der Waals surface area contributed by atoms with Crippen molar-refractivity contribution in [1.82, 2.24) is 0 Å². The summed E-state index contributed by atoms with van der Waals surface area (Å²) in [4.78, 5) is 18.5. The molecule has 2 nitrogen and oxygen atoms in total. The van der Waals surface area contributed by atoms with Gasteiger partial charge in [0.2, 0.25) is 0 Å². The van der Waals surface area contributed by atoms with Crippen molar-refractivity contribution in [3.05, 3.63) is 172 Å². The number of anilines is 3. The number of rotatable bonds is 2. The highest BCUT2D eigenvalue weighted by Gasteiger charge is 2.50. The van der Waals surface area contributed by atoms with Crippen molar-refractivity contribution in [2.75, 3.05) is 4.90 Å². The van der Waals surface area contributed by atoms with Crippen molar-refractivity contribution in [2.24, 2.45) is 0 Å². The van der Waals surface area contributed by atoms with Crippen molar-refractivity contribution in [3.63, 3.8) is 0 Å². The average Bonchev–Trinajstić information content (AvgIpc) is 3.08. The first-order valence-electron chi connectivity index (χ1n) is 15.4. The zero-order valence-corrected chi connectivity index (χ0v) is 26.6. The molecule has 2 aliphatic heterocycles. The smallest absolute Gasteiger partial charge is 0.195 e. The quantitative estimate of drug-likeness (QED) is 0.180. The fraction of sp³-hybridized carbons (Fsp3) is 0.0976. The molecule has 2 aliphatic rings. The second-order valence-corrected chi connectivity index (χ2v) is 14.4. The minimum atomic E-state index is -0.483. The van der Waals surface area contributed by atoms with Crippen LogP contribution < -0.4 is 10.3 Å². The van der Waals surface area contributed by atoms with Crippen molar-refractivity contribution >= 4 is 60.3 Å². The van der Waals surface area contributed by atoms with Crippen LogP contribution in [-0.4, -0.2) is 0 Å². The SMILES string of the molecule is CC(C)c1ccc2c(c1)C1(c3ccccc3S2)c2ccccc2N(c2ccc3c(=O)c4ccccc4sc3c2)c2ccccc21. The van der Waals surface area contributed by atoms with E-state index in [1.807, 2.05) is 42.1 Å². The highest BCUT2D eigenvalue weighted by atomic mass is 32.2. The van der Waals surface area contributed by atoms with Gasteiger partial charge >= 0.3 is 0 Å². The minimum absolute atomic E-state index is 0.0955. The summed E-state index contributed by atoms with van der Waals surface area (Å²) in [5.41, 5.74) is 9.54. The topological polar surface area (TPSA) is 20.3 Å². The van der Waals surface area contributed by atoms with Crippen molar-refractivity contribution in [3.8, 4) is 0 Å². The molecule has 7 aromatic rings. The lowest BCUT2D eigenvalue weighted by atomic mass is 9.62. The van der Waals surface area contributed by atoms with Gasteiger partial charge in [-0.3, -0.25) is 4.79 Å². The summed E-state index contributed by atoms with van der Waals surface area (Å²) in [5.74, 6) is 0.418. The maximum absolute atomic E-state index is 13.5. The lowest BCUT2D eigenvalue weighted by Crippen LogP contribution is -2.39. The van der Waals surface area contributed by atoms with E-state index in [1.54, 1.807) is 11.3 Å². The van der Waals surface area contributed by atoms with Crippen LogP contribution in [0.3, 0.4) is 0 Å². The van der Waals surface area contributed by atoms with Gasteiger partial charge in [0.1, 0.15) is 0 Å². The Morgan fingerprint density at radius 1 is 0.578 bits per heavy atom. The Kier molecular flexibility index (Phi) is 5.90. The van der Waals surface area contributed by atoms with E-state index in [4.69, 9.17) is 0 Å². The van der Waals surface area contributed by atoms with Gasteiger partial charge in [0.25, 0.3) is 0 Å². The van der Waals surface area contributed by atoms with E-state index in [-0.39, 0.29) is 5.43 Å². The fourth-order valence-electron chi connectivity index (χ4n) is 7.45. The summed E-state index contributed by atoms with van der Waals surface area (Å²) in [6, 6.07) is 48.1. The number of hydrogen-bond donors (Lipinski definition) is 0. The van der Waals surface area contributed by atoms with Crippen LogP contribution in [0.5, 0.6) is 0 Å². The average molecular weight is 616 g/mol. The Morgan fingerprint density at radius 3 is 1.96 bits per heavy atom. The van der Waals surface area contributed by atoms with E-state index in [2.05, 4.69) is 122 Å². The fourth-order valence-corrected chi connectivity index (χ4v) is 9.73. The van der Waals surface area contributed by atoms with E-state index in [0.717, 1.165) is 37.2 Å². The number of hydrogen-bond acceptors (Lipinski definition) is 4. The third kappa shape index (κ3) is 3.73. The monoisotopic (exact) mass is 615 g/mol. The van der Waals surface area contributed by atoms with Gasteiger partial charge in [0.05, 0.1) is 16.8 Å². The van der Waals surface area contributed by atoms with Crippen LogP contribution in [0.2, 0.25) is 0 Å². The van der Waals surface area contributed by atoms with E-state index < -0.39 is 5.41 Å². The Hall–Kier alpha value is -4.64. The van der Waals surface area contributed by atoms with Gasteiger partial charge in [-0.2, -0.15) is 0 Å². The molecule has 9 rings (SSSR count). The molecule has 0 saturated carbocycles. The summed E-state index contributed by atoms with van der Waals surface area (Å²) < 4.78 is 2.01. The largest absolute Gasteiger partial charge is 0.310 e. The molecule has 0 unspecified atom stereocenters. The van der Waals surface area contributed by atoms with Crippen LogP contribution in [0, 0.1) is 0 Å². The Balaban J connectivity index is 1.37. The minimum Gasteiger partial charge on any atom is -0.310 e. The molecule has 45 heavy (non-hydrogen) atoms. The van der Waals surface area contributed by atoms with Crippen LogP contribution in [0.25, 0.3) is 20.2 Å². The standard InChI is InChI=1S/C41H29NOS2/c1-25(2)26-19-22-38-33(23-26)41(32-14-6-10-18-37(32)45-38)30-12-4-7-15-34(30)42(35-16-8-5-13-31(35)41)27-20-21-29-39(24-27)44-36-17-9-3-11-28(36)40(29)43/h3-25H,1-2H3. The molecule has 0 N–H and O–H groups in total. The lowest BCUT2D eigenvalue weighted by molar-refractivity contribution is 0.687. The molecule has 0 fully saturated rings. The molecule has 1 spiro atoms. The summed E-state index contributed by atoms with van der Waals surface area (Å²) in [7, 11) is 0. The predicted molar refractivity (Wildman–Crippen MR) is 190 cm³/mol. The van der Waals surface area contributed by atoms with Gasteiger partial charge in [0, 0.05) is 35.7 Å². The Bertz CT molecular complexity index is 2340. The van der Waals surface area contributed by atoms with Crippen LogP contribution in [0.1, 0.15) is 47.6 Å². The van der Waals surface area contributed by atoms with Crippen molar-refractivity contribution in [2.45, 2.75) is 35.0 Å². The molecule has 0 atom stereocenters. The first-order chi connectivity index (χ1) is 22.1. The number of para-hydroxylation sites is 2. The molecular formula is C41H29NOS2. The Labute approximate surface area is 270 Å². The van der Waals surface area contributed by atoms with E-state index in [1.165, 1.54) is 37.6 Å². The first kappa shape index (κ1) is 26.7. The van der Waals surface area contributed by atoms with Gasteiger partial charge in [-0.1, -0.05) is 104 Å². The summed E-state index contributed by atoms with van der Waals surface area (Å²) in [5, 5.41) is 1.55. The molecule has 1 aromatic heterocycles. The van der Waals surface area contributed by atoms with Crippen LogP contribution in [-0.2, 0) is 5.41 Å². The van der Waals surface area contributed by atoms with Crippen molar-refractivity contribution in [1.29, 1.82) is 0 Å². The number of nitrogens with zero attached hydrogens (tertiary/aromatic N) is 1. The molecule has 0 amide bonds. The molecule has 0 bridgehead atoms. The lowest BCUT2D eigenvalue weighted by Gasteiger charge is -2.49. The zero-order chi connectivity index (χ0) is 30.3. The maximum Gasteiger partial charge on any atom is 0.195 e. The predicted octanol–water partition coefficient (Wildman–Crippen LogP) is 11.2. The first-order valence-corrected chi connectivity index (χ1v) is 17.1. The molecule has 3 heterocycles. The molecule has 0 radical (unpaired) electrons.